The van der Waals surface area contributed by atoms with Crippen LogP contribution in [0.2, 0.25) is 0 Å². The summed E-state index contributed by atoms with van der Waals surface area (Å²) in [6.45, 7) is 9.80. The first-order valence-electron chi connectivity index (χ1n) is 14.9. The number of ether oxygens (including phenoxy) is 3. The van der Waals surface area contributed by atoms with E-state index in [1.165, 1.54) is 12.1 Å². The molecule has 1 aliphatic rings. The molecule has 0 saturated carbocycles. The van der Waals surface area contributed by atoms with Crippen molar-refractivity contribution in [3.63, 3.8) is 0 Å². The Labute approximate surface area is 269 Å². The summed E-state index contributed by atoms with van der Waals surface area (Å²) in [4.78, 5) is 38.4. The predicted molar refractivity (Wildman–Crippen MR) is 166 cm³/mol. The molecule has 0 aliphatic carbocycles. The Morgan fingerprint density at radius 1 is 1.02 bits per heavy atom. The number of carboxylic acid groups (broad SMARTS) is 1. The molecule has 0 fully saturated rings. The van der Waals surface area contributed by atoms with Crippen molar-refractivity contribution in [2.24, 2.45) is 0 Å². The monoisotopic (exact) mass is 668 g/mol. The molecule has 0 bridgehead atoms. The number of alkyl carbamates (subject to hydrolysis) is 1. The first kappa shape index (κ1) is 37.2. The number of aliphatic carboxylic acids is 1. The molecular formula is C32H40F4N4O7. The van der Waals surface area contributed by atoms with Crippen LogP contribution in [0.1, 0.15) is 42.3 Å². The van der Waals surface area contributed by atoms with Crippen LogP contribution in [0.15, 0.2) is 36.4 Å². The third-order valence-corrected chi connectivity index (χ3v) is 6.71. The Bertz CT molecular complexity index is 1520. The summed E-state index contributed by atoms with van der Waals surface area (Å²) in [6, 6.07) is 11.1. The summed E-state index contributed by atoms with van der Waals surface area (Å²) in [5.41, 5.74) is 4.64. The molecule has 4 rings (SSSR count). The van der Waals surface area contributed by atoms with Gasteiger partial charge in [-0.25, -0.2) is 14.0 Å². The molecule has 1 aliphatic heterocycles. The van der Waals surface area contributed by atoms with Crippen LogP contribution in [0, 0.1) is 5.82 Å². The van der Waals surface area contributed by atoms with Crippen molar-refractivity contribution in [1.82, 2.24) is 20.5 Å². The molecular weight excluding hydrogens is 628 g/mol. The lowest BCUT2D eigenvalue weighted by atomic mass is 9.99. The molecule has 2 amide bonds. The van der Waals surface area contributed by atoms with E-state index in [2.05, 4.69) is 44.8 Å². The lowest BCUT2D eigenvalue weighted by Gasteiger charge is -2.19. The van der Waals surface area contributed by atoms with Crippen molar-refractivity contribution in [3.05, 3.63) is 58.9 Å². The van der Waals surface area contributed by atoms with Gasteiger partial charge in [-0.15, -0.1) is 0 Å². The fourth-order valence-electron chi connectivity index (χ4n) is 4.69. The van der Waals surface area contributed by atoms with Crippen LogP contribution in [0.5, 0.6) is 0 Å². The van der Waals surface area contributed by atoms with E-state index in [0.29, 0.717) is 57.0 Å². The molecule has 0 unspecified atom stereocenters. The minimum Gasteiger partial charge on any atom is -0.475 e. The first-order chi connectivity index (χ1) is 22.0. The smallest absolute Gasteiger partial charge is 0.475 e. The van der Waals surface area contributed by atoms with Crippen LogP contribution >= 0.6 is 0 Å². The van der Waals surface area contributed by atoms with Crippen molar-refractivity contribution in [2.75, 3.05) is 53.1 Å². The number of aromatic nitrogens is 1. The lowest BCUT2D eigenvalue weighted by molar-refractivity contribution is -0.192. The number of carbonyl (C=O) groups excluding carboxylic acids is 2. The van der Waals surface area contributed by atoms with Crippen LogP contribution in [0.4, 0.5) is 22.4 Å². The average Bonchev–Trinajstić information content (AvgIpc) is 3.24. The minimum absolute atomic E-state index is 0.240. The van der Waals surface area contributed by atoms with Gasteiger partial charge in [0.25, 0.3) is 5.91 Å². The maximum Gasteiger partial charge on any atom is 0.490 e. The molecule has 2 heterocycles. The Hall–Kier alpha value is -4.21. The van der Waals surface area contributed by atoms with Gasteiger partial charge < -0.3 is 34.9 Å². The number of nitrogens with zero attached hydrogens (tertiary/aromatic N) is 1. The molecule has 1 aromatic heterocycles. The van der Waals surface area contributed by atoms with Gasteiger partial charge in [0.05, 0.1) is 32.0 Å². The van der Waals surface area contributed by atoms with E-state index in [4.69, 9.17) is 24.1 Å². The molecule has 0 spiro atoms. The molecule has 0 saturated heterocycles. The molecule has 2 aromatic carbocycles. The summed E-state index contributed by atoms with van der Waals surface area (Å²) in [7, 11) is 2.04. The minimum atomic E-state index is -5.08. The van der Waals surface area contributed by atoms with Crippen LogP contribution in [-0.4, -0.2) is 97.8 Å². The van der Waals surface area contributed by atoms with Gasteiger partial charge in [-0.3, -0.25) is 9.69 Å². The van der Waals surface area contributed by atoms with Gasteiger partial charge in [0.15, 0.2) is 0 Å². The van der Waals surface area contributed by atoms with Crippen molar-refractivity contribution < 1.29 is 51.3 Å². The first-order valence-corrected chi connectivity index (χ1v) is 14.9. The number of halogens is 4. The van der Waals surface area contributed by atoms with Crippen molar-refractivity contribution in [1.29, 1.82) is 0 Å². The molecule has 0 atom stereocenters. The van der Waals surface area contributed by atoms with Crippen molar-refractivity contribution >= 4 is 28.9 Å². The zero-order valence-electron chi connectivity index (χ0n) is 26.7. The molecule has 258 valence electrons. The Balaban J connectivity index is 0.000000771. The molecule has 15 heteroatoms. The molecule has 3 aromatic rings. The van der Waals surface area contributed by atoms with E-state index in [1.54, 1.807) is 0 Å². The Morgan fingerprint density at radius 2 is 1.66 bits per heavy atom. The van der Waals surface area contributed by atoms with E-state index in [9.17, 15) is 27.2 Å². The third-order valence-electron chi connectivity index (χ3n) is 6.71. The fraction of sp³-hybridized carbons (Fsp3) is 0.469. The number of hydrogen-bond acceptors (Lipinski definition) is 7. The van der Waals surface area contributed by atoms with Crippen molar-refractivity contribution in [3.8, 4) is 11.3 Å². The van der Waals surface area contributed by atoms with Gasteiger partial charge in [-0.1, -0.05) is 24.3 Å². The second-order valence-corrected chi connectivity index (χ2v) is 11.8. The number of carbonyl (C=O) groups is 3. The number of likely N-dealkylation sites (N-methyl/N-ethyl adjacent to an activating group) is 1. The van der Waals surface area contributed by atoms with Crippen LogP contribution in [0.3, 0.4) is 0 Å². The normalized spacial score (nSPS) is 13.1. The van der Waals surface area contributed by atoms with E-state index >= 15 is 0 Å². The number of alkyl halides is 3. The number of rotatable bonds is 12. The standard InChI is InChI=1S/C30H39FN4O5.C2HF3O2/c1-30(2,3)40-29(37)33-11-13-38-15-16-39-14-12-35(4)19-20-5-7-21(8-6-20)27-23-9-10-32-28(36)24-17-22(31)18-25(34-27)26(23)24;3-2(4,5)1(6)7/h5-8,17-18,34H,9-16,19H2,1-4H3,(H,32,36)(H,33,37);(H,6,7). The number of H-pyrrole nitrogens is 1. The van der Waals surface area contributed by atoms with Gasteiger partial charge in [0.1, 0.15) is 11.4 Å². The lowest BCUT2D eigenvalue weighted by Crippen LogP contribution is -2.34. The highest BCUT2D eigenvalue weighted by molar-refractivity contribution is 6.10. The van der Waals surface area contributed by atoms with Crippen molar-refractivity contribution in [2.45, 2.75) is 45.5 Å². The molecule has 0 radical (unpaired) electrons. The van der Waals surface area contributed by atoms with Gasteiger partial charge in [-0.2, -0.15) is 13.2 Å². The highest BCUT2D eigenvalue weighted by Crippen LogP contribution is 2.35. The number of hydrogen-bond donors (Lipinski definition) is 4. The third kappa shape index (κ3) is 11.8. The van der Waals surface area contributed by atoms with E-state index in [0.717, 1.165) is 40.9 Å². The molecule has 47 heavy (non-hydrogen) atoms. The Morgan fingerprint density at radius 3 is 2.28 bits per heavy atom. The second kappa shape index (κ2) is 16.6. The van der Waals surface area contributed by atoms with Gasteiger partial charge in [0, 0.05) is 42.8 Å². The maximum absolute atomic E-state index is 14.2. The molecule has 4 N–H and O–H groups in total. The highest BCUT2D eigenvalue weighted by Gasteiger charge is 2.38. The highest BCUT2D eigenvalue weighted by atomic mass is 19.4. The van der Waals surface area contributed by atoms with Gasteiger partial charge in [0.2, 0.25) is 0 Å². The fourth-order valence-corrected chi connectivity index (χ4v) is 4.69. The summed E-state index contributed by atoms with van der Waals surface area (Å²) < 4.78 is 62.2. The van der Waals surface area contributed by atoms with Crippen LogP contribution in [-0.2, 0) is 32.0 Å². The van der Waals surface area contributed by atoms with E-state index < -0.39 is 29.7 Å². The Kier molecular flexibility index (Phi) is 13.1. The van der Waals surface area contributed by atoms with E-state index in [-0.39, 0.29) is 5.91 Å². The van der Waals surface area contributed by atoms with Gasteiger partial charge in [-0.05, 0) is 63.1 Å². The number of nitrogens with one attached hydrogen (secondary N) is 3. The quantitative estimate of drug-likeness (QED) is 0.158. The average molecular weight is 669 g/mol. The number of amides is 2. The maximum atomic E-state index is 14.2. The summed E-state index contributed by atoms with van der Waals surface area (Å²) in [5.74, 6) is -3.43. The van der Waals surface area contributed by atoms with Gasteiger partial charge >= 0.3 is 18.2 Å². The number of carboxylic acids is 1. The number of aromatic amines is 1. The summed E-state index contributed by atoms with van der Waals surface area (Å²) >= 11 is 0. The van der Waals surface area contributed by atoms with Crippen LogP contribution < -0.4 is 10.6 Å². The largest absolute Gasteiger partial charge is 0.490 e. The zero-order valence-corrected chi connectivity index (χ0v) is 26.7. The SMILES string of the molecule is CN(CCOCCOCCNC(=O)OC(C)(C)C)Cc1ccc(-c2[nH]c3cc(F)cc4c3c2CCNC4=O)cc1.O=C(O)C(F)(F)F. The van der Waals surface area contributed by atoms with E-state index in [1.807, 2.05) is 27.8 Å². The second-order valence-electron chi connectivity index (χ2n) is 11.8. The molecule has 11 nitrogen and oxygen atoms in total. The summed E-state index contributed by atoms with van der Waals surface area (Å²) in [5, 5.41) is 13.4. The topological polar surface area (TPSA) is 142 Å². The predicted octanol–water partition coefficient (Wildman–Crippen LogP) is 4.88. The summed E-state index contributed by atoms with van der Waals surface area (Å²) in [6.07, 6.45) is -4.85. The number of benzene rings is 2. The van der Waals surface area contributed by atoms with Crippen LogP contribution in [0.25, 0.3) is 22.2 Å². The zero-order chi connectivity index (χ0) is 34.8.